The van der Waals surface area contributed by atoms with E-state index in [4.69, 9.17) is 4.74 Å². The van der Waals surface area contributed by atoms with Crippen molar-refractivity contribution in [2.45, 2.75) is 32.9 Å². The minimum Gasteiger partial charge on any atom is -0.441 e. The van der Waals surface area contributed by atoms with Crippen LogP contribution in [0.5, 0.6) is 5.88 Å². The third-order valence-corrected chi connectivity index (χ3v) is 3.56. The number of rotatable bonds is 2. The first-order chi connectivity index (χ1) is 9.69. The van der Waals surface area contributed by atoms with Crippen molar-refractivity contribution in [1.29, 1.82) is 0 Å². The second-order valence-electron chi connectivity index (χ2n) is 4.62. The van der Waals surface area contributed by atoms with Crippen LogP contribution >= 0.6 is 0 Å². The minimum absolute atomic E-state index is 0.284. The number of ether oxygens (including phenoxy) is 1. The molecule has 0 amide bonds. The summed E-state index contributed by atoms with van der Waals surface area (Å²) in [6.45, 7) is 4.45. The molecule has 1 atom stereocenters. The molecule has 0 bridgehead atoms. The van der Waals surface area contributed by atoms with Gasteiger partial charge >= 0.3 is 5.69 Å². The van der Waals surface area contributed by atoms with Crippen molar-refractivity contribution in [2.24, 2.45) is 0 Å². The van der Waals surface area contributed by atoms with Gasteiger partial charge in [-0.05, 0) is 13.8 Å². The number of nitrogens with zero attached hydrogens (tertiary/aromatic N) is 2. The van der Waals surface area contributed by atoms with Crippen LogP contribution < -0.4 is 16.0 Å². The summed E-state index contributed by atoms with van der Waals surface area (Å²) in [6.07, 6.45) is 10.4. The SMILES string of the molecule is CCn1c2c(c(=O)n(CC)c1=O)C1[C+]=CC=CC=C1O2. The van der Waals surface area contributed by atoms with E-state index >= 15 is 0 Å². The van der Waals surface area contributed by atoms with Gasteiger partial charge in [0.1, 0.15) is 11.3 Å². The molecule has 20 heavy (non-hydrogen) atoms. The van der Waals surface area contributed by atoms with E-state index < -0.39 is 0 Å². The van der Waals surface area contributed by atoms with Crippen LogP contribution in [0.15, 0.2) is 39.7 Å². The maximum absolute atomic E-state index is 12.5. The molecule has 2 aliphatic rings. The first kappa shape index (κ1) is 12.6. The second kappa shape index (κ2) is 4.62. The molecule has 1 aliphatic heterocycles. The zero-order chi connectivity index (χ0) is 14.3. The molecule has 0 saturated heterocycles. The van der Waals surface area contributed by atoms with E-state index in [-0.39, 0.29) is 17.2 Å². The number of fused-ring (bicyclic) bond motifs is 3. The molecular formula is C15H15N2O3+. The van der Waals surface area contributed by atoms with Gasteiger partial charge in [-0.25, -0.2) is 4.79 Å². The summed E-state index contributed by atoms with van der Waals surface area (Å²) in [5, 5.41) is 0. The monoisotopic (exact) mass is 271 g/mol. The molecule has 1 aromatic rings. The van der Waals surface area contributed by atoms with Crippen molar-refractivity contribution < 1.29 is 4.74 Å². The molecule has 0 radical (unpaired) electrons. The van der Waals surface area contributed by atoms with E-state index in [1.165, 1.54) is 9.13 Å². The van der Waals surface area contributed by atoms with Gasteiger partial charge in [0.15, 0.2) is 12.0 Å². The average Bonchev–Trinajstić information content (AvgIpc) is 2.63. The van der Waals surface area contributed by atoms with Crippen molar-refractivity contribution in [3.05, 3.63) is 62.5 Å². The third kappa shape index (κ3) is 1.60. The normalized spacial score (nSPS) is 18.7. The van der Waals surface area contributed by atoms with Crippen LogP contribution in [0, 0.1) is 6.08 Å². The van der Waals surface area contributed by atoms with Gasteiger partial charge in [0.05, 0.1) is 12.2 Å². The Hall–Kier alpha value is -2.39. The quantitative estimate of drug-likeness (QED) is 0.763. The topological polar surface area (TPSA) is 53.2 Å². The van der Waals surface area contributed by atoms with Crippen molar-refractivity contribution in [1.82, 2.24) is 9.13 Å². The van der Waals surface area contributed by atoms with Gasteiger partial charge in [0, 0.05) is 25.2 Å². The highest BCUT2D eigenvalue weighted by Crippen LogP contribution is 2.38. The Bertz CT molecular complexity index is 763. The lowest BCUT2D eigenvalue weighted by Crippen LogP contribution is -2.40. The molecule has 1 aromatic heterocycles. The maximum atomic E-state index is 12.5. The smallest absolute Gasteiger partial charge is 0.333 e. The van der Waals surface area contributed by atoms with Gasteiger partial charge in [-0.3, -0.25) is 13.9 Å². The predicted molar refractivity (Wildman–Crippen MR) is 74.7 cm³/mol. The molecule has 0 saturated carbocycles. The minimum atomic E-state index is -0.330. The summed E-state index contributed by atoms with van der Waals surface area (Å²) in [6, 6.07) is 0. The van der Waals surface area contributed by atoms with Crippen LogP contribution in [0.3, 0.4) is 0 Å². The van der Waals surface area contributed by atoms with Crippen molar-refractivity contribution in [2.75, 3.05) is 0 Å². The molecule has 0 N–H and O–H groups in total. The van der Waals surface area contributed by atoms with Crippen LogP contribution in [0.1, 0.15) is 25.3 Å². The summed E-state index contributed by atoms with van der Waals surface area (Å²) in [7, 11) is 0. The molecule has 1 aliphatic carbocycles. The Labute approximate surface area is 116 Å². The molecule has 0 aromatic carbocycles. The summed E-state index contributed by atoms with van der Waals surface area (Å²) in [5.41, 5.74) is -0.108. The summed E-state index contributed by atoms with van der Waals surface area (Å²) in [4.78, 5) is 24.8. The number of hydrogen-bond acceptors (Lipinski definition) is 3. The van der Waals surface area contributed by atoms with Crippen molar-refractivity contribution in [3.63, 3.8) is 0 Å². The molecule has 0 fully saturated rings. The second-order valence-corrected chi connectivity index (χ2v) is 4.62. The standard InChI is InChI=1S/C15H15N2O3/c1-3-16-13(18)12-10-8-6-5-7-9-11(10)20-14(12)17(4-2)15(16)19/h5-7,9-10H,3-4H2,1-2H3/q+1. The molecular weight excluding hydrogens is 256 g/mol. The fraction of sp³-hybridized carbons (Fsp3) is 0.333. The van der Waals surface area contributed by atoms with Gasteiger partial charge in [-0.2, -0.15) is 0 Å². The van der Waals surface area contributed by atoms with Gasteiger partial charge in [-0.1, -0.05) is 0 Å². The Morgan fingerprint density at radius 2 is 1.95 bits per heavy atom. The zero-order valence-corrected chi connectivity index (χ0v) is 11.4. The molecule has 2 heterocycles. The molecule has 5 heteroatoms. The van der Waals surface area contributed by atoms with Crippen molar-refractivity contribution in [3.8, 4) is 5.88 Å². The zero-order valence-electron chi connectivity index (χ0n) is 11.4. The molecule has 102 valence electrons. The molecule has 0 spiro atoms. The lowest BCUT2D eigenvalue weighted by molar-refractivity contribution is 0.386. The maximum Gasteiger partial charge on any atom is 0.333 e. The first-order valence-electron chi connectivity index (χ1n) is 6.70. The van der Waals surface area contributed by atoms with Crippen LogP contribution in [0.2, 0.25) is 0 Å². The predicted octanol–water partition coefficient (Wildman–Crippen LogP) is 1.34. The number of allylic oxidation sites excluding steroid dienone is 5. The van der Waals surface area contributed by atoms with Gasteiger partial charge in [0.2, 0.25) is 5.88 Å². The highest BCUT2D eigenvalue weighted by Gasteiger charge is 2.39. The summed E-state index contributed by atoms with van der Waals surface area (Å²) < 4.78 is 8.50. The van der Waals surface area contributed by atoms with Gasteiger partial charge in [0.25, 0.3) is 5.56 Å². The van der Waals surface area contributed by atoms with E-state index in [1.807, 2.05) is 19.1 Å². The number of aromatic nitrogens is 2. The Balaban J connectivity index is 2.36. The largest absolute Gasteiger partial charge is 0.441 e. The fourth-order valence-corrected chi connectivity index (χ4v) is 2.58. The Morgan fingerprint density at radius 3 is 2.65 bits per heavy atom. The van der Waals surface area contributed by atoms with E-state index in [0.717, 1.165) is 0 Å². The Kier molecular flexibility index (Phi) is 2.92. The molecule has 1 unspecified atom stereocenters. The van der Waals surface area contributed by atoms with Crippen LogP contribution in [0.25, 0.3) is 0 Å². The fourth-order valence-electron chi connectivity index (χ4n) is 2.58. The van der Waals surface area contributed by atoms with E-state index in [9.17, 15) is 9.59 Å². The highest BCUT2D eigenvalue weighted by molar-refractivity contribution is 5.45. The van der Waals surface area contributed by atoms with E-state index in [0.29, 0.717) is 30.3 Å². The lowest BCUT2D eigenvalue weighted by Gasteiger charge is -2.11. The average molecular weight is 271 g/mol. The summed E-state index contributed by atoms with van der Waals surface area (Å²) in [5.74, 6) is 0.668. The lowest BCUT2D eigenvalue weighted by atomic mass is 10.0. The molecule has 5 nitrogen and oxygen atoms in total. The highest BCUT2D eigenvalue weighted by atomic mass is 16.5. The van der Waals surface area contributed by atoms with Gasteiger partial charge < -0.3 is 4.74 Å². The van der Waals surface area contributed by atoms with Gasteiger partial charge in [-0.15, -0.1) is 0 Å². The summed E-state index contributed by atoms with van der Waals surface area (Å²) >= 11 is 0. The first-order valence-corrected chi connectivity index (χ1v) is 6.70. The van der Waals surface area contributed by atoms with Crippen molar-refractivity contribution >= 4 is 0 Å². The van der Waals surface area contributed by atoms with E-state index in [1.54, 1.807) is 19.1 Å². The number of hydrogen-bond donors (Lipinski definition) is 0. The van der Waals surface area contributed by atoms with Crippen LogP contribution in [-0.4, -0.2) is 9.13 Å². The van der Waals surface area contributed by atoms with Crippen LogP contribution in [-0.2, 0) is 13.1 Å². The van der Waals surface area contributed by atoms with E-state index in [2.05, 4.69) is 6.08 Å². The molecule has 3 rings (SSSR count). The Morgan fingerprint density at radius 1 is 1.20 bits per heavy atom. The van der Waals surface area contributed by atoms with Crippen LogP contribution in [0.4, 0.5) is 0 Å². The third-order valence-electron chi connectivity index (χ3n) is 3.56.